The first-order valence-corrected chi connectivity index (χ1v) is 33.7. The summed E-state index contributed by atoms with van der Waals surface area (Å²) in [5.74, 6) is 0.670. The molecule has 7 heterocycles. The van der Waals surface area contributed by atoms with Crippen LogP contribution in [0, 0.1) is 0 Å². The van der Waals surface area contributed by atoms with Crippen LogP contribution in [0.15, 0.2) is 97.8 Å². The van der Waals surface area contributed by atoms with Crippen LogP contribution < -0.4 is 26.2 Å². The number of esters is 3. The smallest absolute Gasteiger partial charge is 0.326 e. The van der Waals surface area contributed by atoms with Crippen molar-refractivity contribution in [2.75, 3.05) is 72.3 Å². The fourth-order valence-electron chi connectivity index (χ4n) is 11.8. The van der Waals surface area contributed by atoms with E-state index < -0.39 is 11.9 Å². The minimum atomic E-state index is -0.417. The molecule has 12 rings (SSSR count). The molecule has 0 unspecified atom stereocenters. The highest BCUT2D eigenvalue weighted by Crippen LogP contribution is 2.35. The van der Waals surface area contributed by atoms with Gasteiger partial charge in [0.15, 0.2) is 44.8 Å². The van der Waals surface area contributed by atoms with Gasteiger partial charge in [-0.2, -0.15) is 29.9 Å². The first kappa shape index (κ1) is 69.8. The zero-order chi connectivity index (χ0) is 68.0. The van der Waals surface area contributed by atoms with Crippen LogP contribution >= 0.6 is 11.6 Å². The van der Waals surface area contributed by atoms with Crippen molar-refractivity contribution in [1.82, 2.24) is 58.6 Å². The number of carbonyl (C=O) groups excluding carboxylic acids is 6. The standard InChI is InChI=1S/C29H32N6O3.C22H24ClN5O3.C18H26N6O4/c1-2-38-24(36)18-35-19-31-25-26(30-17-20-9-5-3-6-10-20)32-29(33-27(25)35)34-28(37)23-15-13-22(14-16-23)21-11-7-4-8-12-21;1-2-31-17(29)12-28-13-24-18-19(23)25-22(26-20(18)28)27-21(30)16-10-8-15(9-11-16)14-6-4-3-5-7-14;1-3-5-6-13(25)20-18-21-16(23-7-9-27-10-8-23)15-17(22-18)24(12-19-15)11-14(26)28-4-2/h3,5-6,9-10,13-16,19,21H,2,4,7-8,11-12,17-18H2,1H3,(H2,30,32,33,34,37);8-11,13-14H,2-7,12H2,1H3,(H,25,26,27,30);12H,3-11H2,1-2H3,(H,20,21,22,25). The maximum Gasteiger partial charge on any atom is 0.326 e. The lowest BCUT2D eigenvalue weighted by Gasteiger charge is -2.28. The number of fused-ring (bicyclic) bond motifs is 3. The minimum Gasteiger partial charge on any atom is -0.465 e. The molecule has 0 bridgehead atoms. The number of amides is 3. The molecule has 2 aliphatic carbocycles. The molecule has 3 aromatic carbocycles. The topological polar surface area (TPSA) is 321 Å². The Morgan fingerprint density at radius 2 is 0.979 bits per heavy atom. The lowest BCUT2D eigenvalue weighted by Crippen LogP contribution is -2.37. The minimum absolute atomic E-state index is 0.00682. The highest BCUT2D eigenvalue weighted by atomic mass is 35.5. The number of halogens is 1. The number of carbonyl (C=O) groups is 6. The summed E-state index contributed by atoms with van der Waals surface area (Å²) in [6.07, 6.45) is 19.1. The molecule has 9 aromatic rings. The quantitative estimate of drug-likeness (QED) is 0.0263. The van der Waals surface area contributed by atoms with Gasteiger partial charge in [-0.25, -0.2) is 15.0 Å². The summed E-state index contributed by atoms with van der Waals surface area (Å²) >= 11 is 6.22. The Hall–Kier alpha value is -10.0. The van der Waals surface area contributed by atoms with Crippen LogP contribution in [0.1, 0.15) is 160 Å². The Morgan fingerprint density at radius 3 is 1.47 bits per heavy atom. The number of imidazole rings is 3. The van der Waals surface area contributed by atoms with E-state index in [9.17, 15) is 28.8 Å². The van der Waals surface area contributed by atoms with Gasteiger partial charge in [0.25, 0.3) is 11.8 Å². The summed E-state index contributed by atoms with van der Waals surface area (Å²) in [5.41, 5.74) is 7.35. The third-order valence-electron chi connectivity index (χ3n) is 16.7. The first-order chi connectivity index (χ1) is 47.3. The van der Waals surface area contributed by atoms with Crippen LogP contribution in [-0.2, 0) is 64.3 Å². The lowest BCUT2D eigenvalue weighted by atomic mass is 9.84. The van der Waals surface area contributed by atoms with E-state index in [-0.39, 0.29) is 79.5 Å². The van der Waals surface area contributed by atoms with E-state index in [1.807, 2.05) is 73.7 Å². The zero-order valence-corrected chi connectivity index (χ0v) is 55.9. The Labute approximate surface area is 566 Å². The summed E-state index contributed by atoms with van der Waals surface area (Å²) in [6.45, 7) is 11.0. The summed E-state index contributed by atoms with van der Waals surface area (Å²) < 4.78 is 25.2. The summed E-state index contributed by atoms with van der Waals surface area (Å²) in [5, 5.41) is 11.7. The molecular weight excluding hydrogens is 1260 g/mol. The number of nitrogens with one attached hydrogen (secondary N) is 4. The molecule has 2 saturated carbocycles. The van der Waals surface area contributed by atoms with Gasteiger partial charge in [-0.1, -0.05) is 118 Å². The van der Waals surface area contributed by atoms with Crippen LogP contribution in [0.3, 0.4) is 0 Å². The molecule has 3 amide bonds. The van der Waals surface area contributed by atoms with Crippen molar-refractivity contribution in [1.29, 1.82) is 0 Å². The molecule has 4 N–H and O–H groups in total. The summed E-state index contributed by atoms with van der Waals surface area (Å²) in [7, 11) is 0. The van der Waals surface area contributed by atoms with Crippen molar-refractivity contribution in [2.24, 2.45) is 0 Å². The molecule has 0 radical (unpaired) electrons. The van der Waals surface area contributed by atoms with Gasteiger partial charge in [-0.05, 0) is 106 Å². The summed E-state index contributed by atoms with van der Waals surface area (Å²) in [4.78, 5) is 115. The maximum atomic E-state index is 13.1. The Morgan fingerprint density at radius 1 is 0.526 bits per heavy atom. The summed E-state index contributed by atoms with van der Waals surface area (Å²) in [6, 6.07) is 25.4. The van der Waals surface area contributed by atoms with E-state index in [0.29, 0.717) is 114 Å². The van der Waals surface area contributed by atoms with Crippen LogP contribution in [-0.4, -0.2) is 140 Å². The van der Waals surface area contributed by atoms with E-state index in [0.717, 1.165) is 18.4 Å². The monoisotopic (exact) mass is 1340 g/mol. The molecule has 27 nitrogen and oxygen atoms in total. The van der Waals surface area contributed by atoms with E-state index in [1.54, 1.807) is 36.2 Å². The molecule has 0 atom stereocenters. The van der Waals surface area contributed by atoms with E-state index >= 15 is 0 Å². The third kappa shape index (κ3) is 18.9. The van der Waals surface area contributed by atoms with Crippen LogP contribution in [0.5, 0.6) is 0 Å². The number of unbranched alkanes of at least 4 members (excludes halogenated alkanes) is 1. The number of aromatic nitrogens is 12. The van der Waals surface area contributed by atoms with Gasteiger partial charge in [0.2, 0.25) is 23.8 Å². The number of hydrogen-bond donors (Lipinski definition) is 4. The van der Waals surface area contributed by atoms with Crippen LogP contribution in [0.25, 0.3) is 33.5 Å². The normalized spacial score (nSPS) is 14.2. The fourth-order valence-corrected chi connectivity index (χ4v) is 12.0. The fraction of sp³-hybridized carbons (Fsp3) is 0.435. The molecule has 3 aliphatic rings. The molecule has 0 spiro atoms. The molecule has 1 aliphatic heterocycles. The van der Waals surface area contributed by atoms with Crippen molar-refractivity contribution in [3.8, 4) is 0 Å². The van der Waals surface area contributed by atoms with Gasteiger partial charge in [0.1, 0.15) is 25.2 Å². The molecular formula is C69H82ClN17O10. The number of anilines is 5. The van der Waals surface area contributed by atoms with Crippen molar-refractivity contribution in [3.63, 3.8) is 0 Å². The lowest BCUT2D eigenvalue weighted by molar-refractivity contribution is -0.144. The largest absolute Gasteiger partial charge is 0.465 e. The van der Waals surface area contributed by atoms with Crippen molar-refractivity contribution < 1.29 is 47.7 Å². The van der Waals surface area contributed by atoms with Gasteiger partial charge in [0, 0.05) is 37.2 Å². The average molecular weight is 1340 g/mol. The van der Waals surface area contributed by atoms with Gasteiger partial charge in [-0.15, -0.1) is 0 Å². The number of morpholine rings is 1. The highest BCUT2D eigenvalue weighted by Gasteiger charge is 2.25. The number of rotatable bonds is 23. The number of nitrogens with zero attached hydrogens (tertiary/aromatic N) is 13. The second-order valence-corrected chi connectivity index (χ2v) is 23.9. The second kappa shape index (κ2) is 34.6. The third-order valence-corrected chi connectivity index (χ3v) is 17.0. The molecule has 3 fully saturated rings. The van der Waals surface area contributed by atoms with Gasteiger partial charge >= 0.3 is 17.9 Å². The van der Waals surface area contributed by atoms with E-state index in [2.05, 4.69) is 83.2 Å². The molecule has 97 heavy (non-hydrogen) atoms. The van der Waals surface area contributed by atoms with Crippen molar-refractivity contribution in [2.45, 2.75) is 149 Å². The van der Waals surface area contributed by atoms with Crippen LogP contribution in [0.4, 0.5) is 29.5 Å². The first-order valence-electron chi connectivity index (χ1n) is 33.3. The van der Waals surface area contributed by atoms with Gasteiger partial charge in [0.05, 0.1) is 52.0 Å². The highest BCUT2D eigenvalue weighted by molar-refractivity contribution is 6.33. The predicted octanol–water partition coefficient (Wildman–Crippen LogP) is 11.0. The van der Waals surface area contributed by atoms with E-state index in [4.69, 9.17) is 30.5 Å². The second-order valence-electron chi connectivity index (χ2n) is 23.6. The van der Waals surface area contributed by atoms with Gasteiger partial charge in [-0.3, -0.25) is 44.7 Å². The SMILES string of the molecule is CCCCC(=O)Nc1nc(N2CCOCC2)c2ncn(CC(=O)OCC)c2n1.CCOC(=O)Cn1cnc2c(Cl)nc(NC(=O)c3ccc(C4CCCCC4)cc3)nc21.CCOC(=O)Cn1cnc2c(NCc3ccccc3)nc(NC(=O)c3ccc(C4CCCCC4)cc3)nc21. The van der Waals surface area contributed by atoms with Crippen LogP contribution in [0.2, 0.25) is 5.15 Å². The van der Waals surface area contributed by atoms with Crippen molar-refractivity contribution >= 4 is 110 Å². The molecule has 6 aromatic heterocycles. The zero-order valence-electron chi connectivity index (χ0n) is 55.1. The Bertz CT molecular complexity index is 4150. The number of ether oxygens (including phenoxy) is 4. The Kier molecular flexibility index (Phi) is 24.9. The number of benzene rings is 3. The van der Waals surface area contributed by atoms with Gasteiger partial charge < -0.3 is 42.9 Å². The number of hydrogen-bond acceptors (Lipinski definition) is 21. The molecule has 510 valence electrons. The molecule has 1 saturated heterocycles. The average Bonchev–Trinajstić information content (AvgIpc) is 1.70. The van der Waals surface area contributed by atoms with Crippen molar-refractivity contribution in [3.05, 3.63) is 131 Å². The molecule has 28 heteroatoms. The maximum absolute atomic E-state index is 13.1. The predicted molar refractivity (Wildman–Crippen MR) is 366 cm³/mol. The Balaban J connectivity index is 0.000000160. The van der Waals surface area contributed by atoms with E-state index in [1.165, 1.54) is 92.6 Å².